The molecule has 0 aliphatic heterocycles. The standard InChI is InChI=1S/C10H12N2O5S/c11-10(15)7-1-3-8(4-2-7)18(16,17)12-6-5-9(13)14/h1-4,12H,5-6H2,(H2,11,15)(H,13,14). The number of carbonyl (C=O) groups excluding carboxylic acids is 1. The van der Waals surface area contributed by atoms with E-state index in [2.05, 4.69) is 4.72 Å². The maximum absolute atomic E-state index is 11.7. The van der Waals surface area contributed by atoms with Gasteiger partial charge in [-0.3, -0.25) is 9.59 Å². The normalized spacial score (nSPS) is 11.1. The first-order chi connectivity index (χ1) is 8.33. The molecule has 4 N–H and O–H groups in total. The minimum atomic E-state index is -3.76. The Balaban J connectivity index is 2.79. The Labute approximate surface area is 104 Å². The quantitative estimate of drug-likeness (QED) is 0.645. The highest BCUT2D eigenvalue weighted by Gasteiger charge is 2.14. The van der Waals surface area contributed by atoms with Crippen molar-refractivity contribution in [1.29, 1.82) is 0 Å². The number of carboxylic acids is 1. The van der Waals surface area contributed by atoms with E-state index in [0.29, 0.717) is 0 Å². The van der Waals surface area contributed by atoms with E-state index in [9.17, 15) is 18.0 Å². The van der Waals surface area contributed by atoms with Crippen LogP contribution in [0.15, 0.2) is 29.2 Å². The van der Waals surface area contributed by atoms with Gasteiger partial charge in [0.15, 0.2) is 0 Å². The number of amides is 1. The van der Waals surface area contributed by atoms with Crippen molar-refractivity contribution in [2.45, 2.75) is 11.3 Å². The number of primary amides is 1. The monoisotopic (exact) mass is 272 g/mol. The Kier molecular flexibility index (Phi) is 4.40. The van der Waals surface area contributed by atoms with Gasteiger partial charge in [-0.15, -0.1) is 0 Å². The summed E-state index contributed by atoms with van der Waals surface area (Å²) in [5, 5.41) is 8.39. The summed E-state index contributed by atoms with van der Waals surface area (Å²) in [5.74, 6) is -1.75. The van der Waals surface area contributed by atoms with Crippen LogP contribution in [0.3, 0.4) is 0 Å². The Morgan fingerprint density at radius 1 is 1.22 bits per heavy atom. The van der Waals surface area contributed by atoms with E-state index in [4.69, 9.17) is 10.8 Å². The maximum atomic E-state index is 11.7. The van der Waals surface area contributed by atoms with Crippen LogP contribution in [-0.4, -0.2) is 31.9 Å². The van der Waals surface area contributed by atoms with E-state index in [1.807, 2.05) is 0 Å². The Morgan fingerprint density at radius 3 is 2.22 bits per heavy atom. The van der Waals surface area contributed by atoms with Crippen molar-refractivity contribution in [3.05, 3.63) is 29.8 Å². The molecule has 0 unspecified atom stereocenters. The van der Waals surface area contributed by atoms with Crippen LogP contribution in [0.2, 0.25) is 0 Å². The van der Waals surface area contributed by atoms with Gasteiger partial charge in [-0.2, -0.15) is 0 Å². The number of aliphatic carboxylic acids is 1. The summed E-state index contributed by atoms with van der Waals surface area (Å²) >= 11 is 0. The molecule has 98 valence electrons. The van der Waals surface area contributed by atoms with Crippen LogP contribution < -0.4 is 10.5 Å². The summed E-state index contributed by atoms with van der Waals surface area (Å²) in [6, 6.07) is 5.02. The highest BCUT2D eigenvalue weighted by molar-refractivity contribution is 7.89. The molecular weight excluding hydrogens is 260 g/mol. The summed E-state index contributed by atoms with van der Waals surface area (Å²) in [4.78, 5) is 21.0. The molecule has 0 atom stereocenters. The summed E-state index contributed by atoms with van der Waals surface area (Å²) < 4.78 is 25.5. The number of carboxylic acid groups (broad SMARTS) is 1. The van der Waals surface area contributed by atoms with Crippen molar-refractivity contribution in [2.24, 2.45) is 5.73 Å². The molecule has 1 rings (SSSR count). The van der Waals surface area contributed by atoms with Gasteiger partial charge in [0.25, 0.3) is 0 Å². The molecule has 0 radical (unpaired) electrons. The van der Waals surface area contributed by atoms with Gasteiger partial charge in [-0.25, -0.2) is 13.1 Å². The van der Waals surface area contributed by atoms with Gasteiger partial charge in [-0.1, -0.05) is 0 Å². The zero-order chi connectivity index (χ0) is 13.8. The van der Waals surface area contributed by atoms with Crippen LogP contribution in [0, 0.1) is 0 Å². The number of hydrogen-bond donors (Lipinski definition) is 3. The van der Waals surface area contributed by atoms with Gasteiger partial charge < -0.3 is 10.8 Å². The largest absolute Gasteiger partial charge is 0.481 e. The van der Waals surface area contributed by atoms with Gasteiger partial charge in [-0.05, 0) is 24.3 Å². The fraction of sp³-hybridized carbons (Fsp3) is 0.200. The van der Waals surface area contributed by atoms with Crippen molar-refractivity contribution in [3.63, 3.8) is 0 Å². The summed E-state index contributed by atoms with van der Waals surface area (Å²) in [5.41, 5.74) is 5.21. The van der Waals surface area contributed by atoms with Crippen molar-refractivity contribution < 1.29 is 23.1 Å². The van der Waals surface area contributed by atoms with Crippen LogP contribution in [-0.2, 0) is 14.8 Å². The zero-order valence-electron chi connectivity index (χ0n) is 9.29. The molecule has 0 fully saturated rings. The molecule has 1 aromatic carbocycles. The maximum Gasteiger partial charge on any atom is 0.304 e. The molecule has 1 aromatic rings. The van der Waals surface area contributed by atoms with Gasteiger partial charge in [0.1, 0.15) is 0 Å². The topological polar surface area (TPSA) is 127 Å². The fourth-order valence-corrected chi connectivity index (χ4v) is 2.21. The average molecular weight is 272 g/mol. The minimum Gasteiger partial charge on any atom is -0.481 e. The number of nitrogens with one attached hydrogen (secondary N) is 1. The van der Waals surface area contributed by atoms with Crippen molar-refractivity contribution in [1.82, 2.24) is 4.72 Å². The second-order valence-corrected chi connectivity index (χ2v) is 5.20. The van der Waals surface area contributed by atoms with Crippen LogP contribution in [0.1, 0.15) is 16.8 Å². The van der Waals surface area contributed by atoms with Crippen LogP contribution in [0.25, 0.3) is 0 Å². The van der Waals surface area contributed by atoms with E-state index in [0.717, 1.165) is 0 Å². The molecule has 0 aromatic heterocycles. The lowest BCUT2D eigenvalue weighted by molar-refractivity contribution is -0.136. The third-order valence-corrected chi connectivity index (χ3v) is 3.56. The van der Waals surface area contributed by atoms with E-state index in [1.165, 1.54) is 24.3 Å². The minimum absolute atomic E-state index is 0.0575. The summed E-state index contributed by atoms with van der Waals surface area (Å²) in [6.07, 6.45) is -0.307. The Hall–Kier alpha value is -1.93. The fourth-order valence-electron chi connectivity index (χ4n) is 1.17. The molecule has 0 aliphatic carbocycles. The lowest BCUT2D eigenvalue weighted by Gasteiger charge is -2.05. The first-order valence-corrected chi connectivity index (χ1v) is 6.42. The summed E-state index contributed by atoms with van der Waals surface area (Å²) in [7, 11) is -3.76. The second-order valence-electron chi connectivity index (χ2n) is 3.43. The van der Waals surface area contributed by atoms with Gasteiger partial charge >= 0.3 is 5.97 Å². The molecule has 7 nitrogen and oxygen atoms in total. The predicted molar refractivity (Wildman–Crippen MR) is 62.4 cm³/mol. The van der Waals surface area contributed by atoms with Crippen molar-refractivity contribution in [2.75, 3.05) is 6.54 Å². The third-order valence-electron chi connectivity index (χ3n) is 2.08. The highest BCUT2D eigenvalue weighted by Crippen LogP contribution is 2.10. The van der Waals surface area contributed by atoms with Gasteiger partial charge in [0.2, 0.25) is 15.9 Å². The van der Waals surface area contributed by atoms with E-state index in [1.54, 1.807) is 0 Å². The molecule has 1 amide bonds. The molecule has 18 heavy (non-hydrogen) atoms. The van der Waals surface area contributed by atoms with Crippen molar-refractivity contribution >= 4 is 21.9 Å². The number of nitrogens with two attached hydrogens (primary N) is 1. The number of hydrogen-bond acceptors (Lipinski definition) is 4. The Bertz CT molecular complexity index is 550. The second kappa shape index (κ2) is 5.61. The predicted octanol–water partition coefficient (Wildman–Crippen LogP) is -0.461. The van der Waals surface area contributed by atoms with E-state index >= 15 is 0 Å². The number of benzene rings is 1. The first kappa shape index (κ1) is 14.1. The SMILES string of the molecule is NC(=O)c1ccc(S(=O)(=O)NCCC(=O)O)cc1. The molecule has 8 heteroatoms. The summed E-state index contributed by atoms with van der Waals surface area (Å²) in [6.45, 7) is -0.199. The lowest BCUT2D eigenvalue weighted by atomic mass is 10.2. The first-order valence-electron chi connectivity index (χ1n) is 4.94. The third kappa shape index (κ3) is 3.82. The van der Waals surface area contributed by atoms with Crippen LogP contribution in [0.4, 0.5) is 0 Å². The molecule has 0 heterocycles. The van der Waals surface area contributed by atoms with Crippen molar-refractivity contribution in [3.8, 4) is 0 Å². The van der Waals surface area contributed by atoms with Crippen LogP contribution >= 0.6 is 0 Å². The van der Waals surface area contributed by atoms with E-state index in [-0.39, 0.29) is 23.4 Å². The molecule has 0 bridgehead atoms. The number of sulfonamides is 1. The average Bonchev–Trinajstić information content (AvgIpc) is 2.28. The van der Waals surface area contributed by atoms with Gasteiger partial charge in [0, 0.05) is 12.1 Å². The molecule has 0 saturated heterocycles. The molecule has 0 saturated carbocycles. The zero-order valence-corrected chi connectivity index (χ0v) is 10.1. The van der Waals surface area contributed by atoms with Crippen LogP contribution in [0.5, 0.6) is 0 Å². The Morgan fingerprint density at radius 2 is 1.78 bits per heavy atom. The molecule has 0 aliphatic rings. The van der Waals surface area contributed by atoms with Gasteiger partial charge in [0.05, 0.1) is 11.3 Å². The molecule has 0 spiro atoms. The highest BCUT2D eigenvalue weighted by atomic mass is 32.2. The smallest absolute Gasteiger partial charge is 0.304 e. The molecular formula is C10H12N2O5S. The lowest BCUT2D eigenvalue weighted by Crippen LogP contribution is -2.26. The van der Waals surface area contributed by atoms with E-state index < -0.39 is 21.9 Å². The number of rotatable bonds is 6. The number of carbonyl (C=O) groups is 2.